The molecule has 0 saturated heterocycles. The molecule has 0 aliphatic carbocycles. The second kappa shape index (κ2) is 8.99. The van der Waals surface area contributed by atoms with Gasteiger partial charge in [0.1, 0.15) is 5.52 Å². The van der Waals surface area contributed by atoms with E-state index in [1.165, 1.54) is 0 Å². The van der Waals surface area contributed by atoms with Gasteiger partial charge in [0, 0.05) is 27.5 Å². The fourth-order valence-corrected chi connectivity index (χ4v) is 5.25. The van der Waals surface area contributed by atoms with E-state index in [2.05, 4.69) is 22.8 Å². The minimum atomic E-state index is 0.524. The van der Waals surface area contributed by atoms with Crippen molar-refractivity contribution in [2.24, 2.45) is 0 Å². The van der Waals surface area contributed by atoms with Crippen molar-refractivity contribution < 1.29 is 4.42 Å². The quantitative estimate of drug-likeness (QED) is 0.237. The number of fused-ring (bicyclic) bond motifs is 5. The van der Waals surface area contributed by atoms with Gasteiger partial charge in [-0.3, -0.25) is 4.57 Å². The molecule has 3 heterocycles. The zero-order valence-corrected chi connectivity index (χ0v) is 21.3. The number of nitrogens with zero attached hydrogens (tertiary/aromatic N) is 5. The van der Waals surface area contributed by atoms with Gasteiger partial charge in [-0.05, 0) is 30.3 Å². The highest BCUT2D eigenvalue weighted by Crippen LogP contribution is 2.37. The van der Waals surface area contributed by atoms with Crippen LogP contribution in [0.5, 0.6) is 0 Å². The SMILES string of the molecule is c1ccc(-c2nc(-c3ccccc3)nc(-n3c4ccccc4c4ccc5oc(-c6ccccc6)nc5c43)n2)cc1. The largest absolute Gasteiger partial charge is 0.436 e. The third-order valence-electron chi connectivity index (χ3n) is 7.10. The van der Waals surface area contributed by atoms with Crippen molar-refractivity contribution >= 4 is 32.9 Å². The van der Waals surface area contributed by atoms with Crippen molar-refractivity contribution in [2.75, 3.05) is 0 Å². The lowest BCUT2D eigenvalue weighted by Gasteiger charge is -2.10. The maximum atomic E-state index is 6.26. The molecule has 0 radical (unpaired) electrons. The van der Waals surface area contributed by atoms with E-state index < -0.39 is 0 Å². The number of oxazole rings is 1. The summed E-state index contributed by atoms with van der Waals surface area (Å²) in [6, 6.07) is 42.3. The number of rotatable bonds is 4. The summed E-state index contributed by atoms with van der Waals surface area (Å²) in [5.41, 5.74) is 6.11. The predicted octanol–water partition coefficient (Wildman–Crippen LogP) is 8.11. The van der Waals surface area contributed by atoms with Gasteiger partial charge in [-0.25, -0.2) is 9.97 Å². The van der Waals surface area contributed by atoms with Crippen molar-refractivity contribution in [3.8, 4) is 40.2 Å². The van der Waals surface area contributed by atoms with Crippen LogP contribution in [0.25, 0.3) is 73.1 Å². The Balaban J connectivity index is 1.47. The molecule has 3 aromatic heterocycles. The number of hydrogen-bond donors (Lipinski definition) is 0. The highest BCUT2D eigenvalue weighted by atomic mass is 16.3. The molecule has 6 heteroatoms. The first-order valence-electron chi connectivity index (χ1n) is 13.1. The van der Waals surface area contributed by atoms with Crippen LogP contribution >= 0.6 is 0 Å². The van der Waals surface area contributed by atoms with Gasteiger partial charge in [-0.15, -0.1) is 0 Å². The first kappa shape index (κ1) is 22.4. The van der Waals surface area contributed by atoms with Crippen LogP contribution in [0.15, 0.2) is 132 Å². The fourth-order valence-electron chi connectivity index (χ4n) is 5.25. The number of benzene rings is 5. The Morgan fingerprint density at radius 3 is 1.70 bits per heavy atom. The zero-order chi connectivity index (χ0) is 26.5. The normalized spacial score (nSPS) is 11.5. The lowest BCUT2D eigenvalue weighted by Crippen LogP contribution is -2.06. The zero-order valence-electron chi connectivity index (χ0n) is 21.3. The summed E-state index contributed by atoms with van der Waals surface area (Å²) in [5.74, 6) is 2.31. The summed E-state index contributed by atoms with van der Waals surface area (Å²) < 4.78 is 8.35. The van der Waals surface area contributed by atoms with Crippen molar-refractivity contribution in [1.82, 2.24) is 24.5 Å². The summed E-state index contributed by atoms with van der Waals surface area (Å²) >= 11 is 0. The van der Waals surface area contributed by atoms with Crippen LogP contribution in [0.4, 0.5) is 0 Å². The second-order valence-corrected chi connectivity index (χ2v) is 9.56. The summed E-state index contributed by atoms with van der Waals surface area (Å²) in [6.07, 6.45) is 0. The summed E-state index contributed by atoms with van der Waals surface area (Å²) in [4.78, 5) is 19.9. The Bertz CT molecular complexity index is 2090. The Morgan fingerprint density at radius 1 is 0.475 bits per heavy atom. The smallest absolute Gasteiger partial charge is 0.238 e. The molecule has 0 spiro atoms. The molecule has 40 heavy (non-hydrogen) atoms. The van der Waals surface area contributed by atoms with Crippen LogP contribution in [-0.4, -0.2) is 24.5 Å². The fraction of sp³-hybridized carbons (Fsp3) is 0. The molecule has 5 aromatic carbocycles. The van der Waals surface area contributed by atoms with E-state index in [9.17, 15) is 0 Å². The van der Waals surface area contributed by atoms with Gasteiger partial charge in [0.05, 0.1) is 11.0 Å². The average molecular weight is 516 g/mol. The minimum Gasteiger partial charge on any atom is -0.436 e. The first-order chi connectivity index (χ1) is 19.8. The lowest BCUT2D eigenvalue weighted by atomic mass is 10.1. The molecule has 0 N–H and O–H groups in total. The van der Waals surface area contributed by atoms with Gasteiger partial charge >= 0.3 is 0 Å². The second-order valence-electron chi connectivity index (χ2n) is 9.56. The van der Waals surface area contributed by atoms with Crippen LogP contribution in [0, 0.1) is 0 Å². The van der Waals surface area contributed by atoms with Crippen molar-refractivity contribution in [3.63, 3.8) is 0 Å². The maximum absolute atomic E-state index is 6.26. The maximum Gasteiger partial charge on any atom is 0.238 e. The van der Waals surface area contributed by atoms with Gasteiger partial charge in [-0.2, -0.15) is 9.97 Å². The minimum absolute atomic E-state index is 0.524. The van der Waals surface area contributed by atoms with E-state index in [0.29, 0.717) is 29.1 Å². The van der Waals surface area contributed by atoms with Gasteiger partial charge in [0.15, 0.2) is 17.2 Å². The van der Waals surface area contributed by atoms with Crippen LogP contribution in [0.3, 0.4) is 0 Å². The van der Waals surface area contributed by atoms with Crippen molar-refractivity contribution in [3.05, 3.63) is 127 Å². The summed E-state index contributed by atoms with van der Waals surface area (Å²) in [7, 11) is 0. The van der Waals surface area contributed by atoms with E-state index >= 15 is 0 Å². The highest BCUT2D eigenvalue weighted by molar-refractivity contribution is 6.16. The average Bonchev–Trinajstić information content (AvgIpc) is 3.62. The molecule has 0 amide bonds. The lowest BCUT2D eigenvalue weighted by molar-refractivity contribution is 0.620. The monoisotopic (exact) mass is 515 g/mol. The van der Waals surface area contributed by atoms with Crippen molar-refractivity contribution in [1.29, 1.82) is 0 Å². The Hall–Kier alpha value is -5.62. The molecule has 0 aliphatic rings. The first-order valence-corrected chi connectivity index (χ1v) is 13.1. The molecule has 0 unspecified atom stereocenters. The Labute approximate surface area is 229 Å². The van der Waals surface area contributed by atoms with E-state index in [0.717, 1.165) is 44.0 Å². The standard InChI is InChI=1S/C34H21N5O/c1-4-12-22(13-5-1)31-36-32(23-14-6-2-7-15-23)38-34(37-31)39-27-19-11-10-18-25(27)26-20-21-28-29(30(26)39)35-33(40-28)24-16-8-3-9-17-24/h1-21H. The molecule has 0 fully saturated rings. The van der Waals surface area contributed by atoms with Gasteiger partial charge < -0.3 is 4.42 Å². The van der Waals surface area contributed by atoms with Gasteiger partial charge in [-0.1, -0.05) is 97.1 Å². The number of aromatic nitrogens is 5. The molecule has 8 rings (SSSR count). The summed E-state index contributed by atoms with van der Waals surface area (Å²) in [6.45, 7) is 0. The van der Waals surface area contributed by atoms with Gasteiger partial charge in [0.25, 0.3) is 0 Å². The molecule has 0 aliphatic heterocycles. The Kier molecular flexibility index (Phi) is 5.03. The third-order valence-corrected chi connectivity index (χ3v) is 7.10. The molecule has 0 atom stereocenters. The third kappa shape index (κ3) is 3.58. The van der Waals surface area contributed by atoms with E-state index in [1.54, 1.807) is 0 Å². The number of para-hydroxylation sites is 1. The van der Waals surface area contributed by atoms with E-state index in [1.807, 2.05) is 109 Å². The Morgan fingerprint density at radius 2 is 1.05 bits per heavy atom. The topological polar surface area (TPSA) is 69.6 Å². The molecule has 8 aromatic rings. The van der Waals surface area contributed by atoms with Crippen LogP contribution in [-0.2, 0) is 0 Å². The van der Waals surface area contributed by atoms with Gasteiger partial charge in [0.2, 0.25) is 11.8 Å². The summed E-state index contributed by atoms with van der Waals surface area (Å²) in [5, 5.41) is 2.14. The molecular weight excluding hydrogens is 494 g/mol. The van der Waals surface area contributed by atoms with Crippen LogP contribution < -0.4 is 0 Å². The van der Waals surface area contributed by atoms with Crippen LogP contribution in [0.1, 0.15) is 0 Å². The van der Waals surface area contributed by atoms with E-state index in [4.69, 9.17) is 24.4 Å². The van der Waals surface area contributed by atoms with Crippen LogP contribution in [0.2, 0.25) is 0 Å². The van der Waals surface area contributed by atoms with Crippen molar-refractivity contribution in [2.45, 2.75) is 0 Å². The number of hydrogen-bond acceptors (Lipinski definition) is 5. The molecule has 188 valence electrons. The molecule has 0 saturated carbocycles. The molecule has 6 nitrogen and oxygen atoms in total. The molecule has 0 bridgehead atoms. The highest BCUT2D eigenvalue weighted by Gasteiger charge is 2.21. The predicted molar refractivity (Wildman–Crippen MR) is 158 cm³/mol. The molecular formula is C34H21N5O. The van der Waals surface area contributed by atoms with E-state index in [-0.39, 0.29) is 0 Å².